The van der Waals surface area contributed by atoms with Gasteiger partial charge in [-0.15, -0.1) is 0 Å². The minimum Gasteiger partial charge on any atom is -0.352 e. The van der Waals surface area contributed by atoms with Gasteiger partial charge in [-0.25, -0.2) is 0 Å². The molecule has 0 heterocycles. The quantitative estimate of drug-likeness (QED) is 0.390. The van der Waals surface area contributed by atoms with Crippen LogP contribution in [0.2, 0.25) is 10.0 Å². The van der Waals surface area contributed by atoms with E-state index in [1.54, 1.807) is 17.0 Å². The highest BCUT2D eigenvalue weighted by Crippen LogP contribution is 2.25. The van der Waals surface area contributed by atoms with Gasteiger partial charge in [0.1, 0.15) is 6.04 Å². The summed E-state index contributed by atoms with van der Waals surface area (Å²) in [6, 6.07) is 13.5. The number of hydrogen-bond donors (Lipinski definition) is 1. The number of carbonyl (C=O) groups is 2. The first-order valence-electron chi connectivity index (χ1n) is 12.5. The summed E-state index contributed by atoms with van der Waals surface area (Å²) in [5, 5.41) is 4.14. The number of rotatable bonds is 10. The third-order valence-electron chi connectivity index (χ3n) is 6.73. The molecule has 1 saturated carbocycles. The lowest BCUT2D eigenvalue weighted by Gasteiger charge is -2.33. The molecule has 34 heavy (non-hydrogen) atoms. The molecule has 1 atom stereocenters. The van der Waals surface area contributed by atoms with Crippen LogP contribution >= 0.6 is 23.2 Å². The Morgan fingerprint density at radius 2 is 1.59 bits per heavy atom. The van der Waals surface area contributed by atoms with E-state index in [2.05, 4.69) is 36.5 Å². The molecule has 0 aromatic heterocycles. The number of hydrogen-bond acceptors (Lipinski definition) is 2. The fraction of sp³-hybridized carbons (Fsp3) is 0.500. The first-order chi connectivity index (χ1) is 16.4. The maximum Gasteiger partial charge on any atom is 0.243 e. The minimum atomic E-state index is -0.522. The summed E-state index contributed by atoms with van der Waals surface area (Å²) < 4.78 is 0. The van der Waals surface area contributed by atoms with Crippen LogP contribution in [-0.4, -0.2) is 28.8 Å². The second-order valence-electron chi connectivity index (χ2n) is 9.21. The van der Waals surface area contributed by atoms with Crippen LogP contribution in [0.3, 0.4) is 0 Å². The van der Waals surface area contributed by atoms with E-state index >= 15 is 0 Å². The Labute approximate surface area is 214 Å². The molecule has 3 rings (SSSR count). The average Bonchev–Trinajstić information content (AvgIpc) is 2.85. The lowest BCUT2D eigenvalue weighted by atomic mass is 9.95. The Bertz CT molecular complexity index is 955. The molecule has 2 aromatic carbocycles. The normalized spacial score (nSPS) is 15.1. The van der Waals surface area contributed by atoms with Crippen molar-refractivity contribution in [2.45, 2.75) is 90.3 Å². The second kappa shape index (κ2) is 13.2. The number of amides is 2. The van der Waals surface area contributed by atoms with Crippen LogP contribution in [0.5, 0.6) is 0 Å². The van der Waals surface area contributed by atoms with Crippen LogP contribution in [-0.2, 0) is 29.0 Å². The SMILES string of the molecule is CCc1ccc(CCC(=O)N(Cc2ccc(Cl)c(Cl)c2)[C@@H](CC)C(=O)NC2CCCCC2)cc1. The molecule has 6 heteroatoms. The van der Waals surface area contributed by atoms with E-state index in [4.69, 9.17) is 23.2 Å². The zero-order valence-corrected chi connectivity index (χ0v) is 21.8. The highest BCUT2D eigenvalue weighted by atomic mass is 35.5. The van der Waals surface area contributed by atoms with Crippen molar-refractivity contribution in [3.8, 4) is 0 Å². The van der Waals surface area contributed by atoms with E-state index in [1.165, 1.54) is 12.0 Å². The molecule has 1 fully saturated rings. The van der Waals surface area contributed by atoms with Gasteiger partial charge in [-0.05, 0) is 60.9 Å². The fourth-order valence-corrected chi connectivity index (χ4v) is 4.96. The topological polar surface area (TPSA) is 49.4 Å². The Kier molecular flexibility index (Phi) is 10.3. The van der Waals surface area contributed by atoms with Crippen molar-refractivity contribution >= 4 is 35.0 Å². The van der Waals surface area contributed by atoms with E-state index in [0.717, 1.165) is 43.2 Å². The molecule has 0 saturated heterocycles. The molecule has 2 aromatic rings. The molecule has 0 aliphatic heterocycles. The highest BCUT2D eigenvalue weighted by molar-refractivity contribution is 6.42. The van der Waals surface area contributed by atoms with Gasteiger partial charge in [0.25, 0.3) is 0 Å². The maximum atomic E-state index is 13.5. The third kappa shape index (κ3) is 7.48. The zero-order chi connectivity index (χ0) is 24.5. The van der Waals surface area contributed by atoms with Gasteiger partial charge in [0.05, 0.1) is 10.0 Å². The van der Waals surface area contributed by atoms with Gasteiger partial charge in [0.2, 0.25) is 11.8 Å². The molecule has 0 unspecified atom stereocenters. The highest BCUT2D eigenvalue weighted by Gasteiger charge is 2.30. The Morgan fingerprint density at radius 3 is 2.21 bits per heavy atom. The molecule has 1 aliphatic carbocycles. The van der Waals surface area contributed by atoms with Gasteiger partial charge in [-0.2, -0.15) is 0 Å². The van der Waals surface area contributed by atoms with E-state index in [-0.39, 0.29) is 17.9 Å². The molecule has 4 nitrogen and oxygen atoms in total. The fourth-order valence-electron chi connectivity index (χ4n) is 4.63. The summed E-state index contributed by atoms with van der Waals surface area (Å²) in [5.74, 6) is -0.0913. The number of benzene rings is 2. The van der Waals surface area contributed by atoms with E-state index < -0.39 is 6.04 Å². The van der Waals surface area contributed by atoms with Crippen molar-refractivity contribution in [2.24, 2.45) is 0 Å². The standard InChI is InChI=1S/C28H36Cl2N2O2/c1-3-20-10-12-21(13-11-20)15-17-27(33)32(19-22-14-16-24(29)25(30)18-22)26(4-2)28(34)31-23-8-6-5-7-9-23/h10-14,16,18,23,26H,3-9,15,17,19H2,1-2H3,(H,31,34)/t26-/m0/s1. The Morgan fingerprint density at radius 1 is 0.941 bits per heavy atom. The summed E-state index contributed by atoms with van der Waals surface area (Å²) in [6.07, 6.45) is 8.07. The number of aryl methyl sites for hydroxylation is 2. The van der Waals surface area contributed by atoms with Crippen LogP contribution in [0.25, 0.3) is 0 Å². The number of carbonyl (C=O) groups excluding carboxylic acids is 2. The number of nitrogens with zero attached hydrogens (tertiary/aromatic N) is 1. The Hall–Kier alpha value is -2.04. The maximum absolute atomic E-state index is 13.5. The minimum absolute atomic E-state index is 0.0312. The van der Waals surface area contributed by atoms with Crippen molar-refractivity contribution < 1.29 is 9.59 Å². The van der Waals surface area contributed by atoms with Crippen molar-refractivity contribution in [1.29, 1.82) is 0 Å². The molecule has 1 N–H and O–H groups in total. The van der Waals surface area contributed by atoms with Gasteiger partial charge in [-0.1, -0.05) is 86.6 Å². The van der Waals surface area contributed by atoms with Gasteiger partial charge in [0.15, 0.2) is 0 Å². The van der Waals surface area contributed by atoms with Crippen molar-refractivity contribution in [1.82, 2.24) is 10.2 Å². The van der Waals surface area contributed by atoms with Crippen LogP contribution in [0.1, 0.15) is 75.5 Å². The first kappa shape index (κ1) is 26.6. The van der Waals surface area contributed by atoms with Crippen molar-refractivity contribution in [3.63, 3.8) is 0 Å². The molecule has 0 radical (unpaired) electrons. The van der Waals surface area contributed by atoms with Crippen molar-refractivity contribution in [3.05, 3.63) is 69.2 Å². The summed E-state index contributed by atoms with van der Waals surface area (Å²) in [7, 11) is 0. The van der Waals surface area contributed by atoms with E-state index in [9.17, 15) is 9.59 Å². The lowest BCUT2D eigenvalue weighted by molar-refractivity contribution is -0.141. The van der Waals surface area contributed by atoms with Gasteiger partial charge < -0.3 is 10.2 Å². The predicted octanol–water partition coefficient (Wildman–Crippen LogP) is 6.74. The summed E-state index contributed by atoms with van der Waals surface area (Å²) in [5.41, 5.74) is 3.26. The van der Waals surface area contributed by atoms with Gasteiger partial charge in [0, 0.05) is 19.0 Å². The molecule has 1 aliphatic rings. The van der Waals surface area contributed by atoms with Crippen LogP contribution in [0, 0.1) is 0 Å². The monoisotopic (exact) mass is 502 g/mol. The number of nitrogens with one attached hydrogen (secondary N) is 1. The largest absolute Gasteiger partial charge is 0.352 e. The van der Waals surface area contributed by atoms with Gasteiger partial charge >= 0.3 is 0 Å². The average molecular weight is 504 g/mol. The van der Waals surface area contributed by atoms with E-state index in [0.29, 0.717) is 35.9 Å². The zero-order valence-electron chi connectivity index (χ0n) is 20.3. The number of halogens is 2. The van der Waals surface area contributed by atoms with Crippen LogP contribution in [0.4, 0.5) is 0 Å². The first-order valence-corrected chi connectivity index (χ1v) is 13.3. The molecule has 0 spiro atoms. The lowest BCUT2D eigenvalue weighted by Crippen LogP contribution is -2.51. The molecule has 0 bridgehead atoms. The molecular weight excluding hydrogens is 467 g/mol. The smallest absolute Gasteiger partial charge is 0.243 e. The Balaban J connectivity index is 1.76. The summed E-state index contributed by atoms with van der Waals surface area (Å²) in [4.78, 5) is 28.5. The van der Waals surface area contributed by atoms with Gasteiger partial charge in [-0.3, -0.25) is 9.59 Å². The third-order valence-corrected chi connectivity index (χ3v) is 7.47. The molecule has 184 valence electrons. The molecule has 2 amide bonds. The van der Waals surface area contributed by atoms with Crippen molar-refractivity contribution in [2.75, 3.05) is 0 Å². The predicted molar refractivity (Wildman–Crippen MR) is 140 cm³/mol. The van der Waals surface area contributed by atoms with Crippen LogP contribution in [0.15, 0.2) is 42.5 Å². The van der Waals surface area contributed by atoms with Crippen LogP contribution < -0.4 is 5.32 Å². The summed E-state index contributed by atoms with van der Waals surface area (Å²) >= 11 is 12.3. The van der Waals surface area contributed by atoms with E-state index in [1.807, 2.05) is 13.0 Å². The second-order valence-corrected chi connectivity index (χ2v) is 10.0. The molecular formula is C28H36Cl2N2O2. The summed E-state index contributed by atoms with van der Waals surface area (Å²) in [6.45, 7) is 4.41.